The van der Waals surface area contributed by atoms with Crippen LogP contribution in [-0.2, 0) is 14.8 Å². The monoisotopic (exact) mass is 217 g/mol. The van der Waals surface area contributed by atoms with Gasteiger partial charge in [0.25, 0.3) is 0 Å². The lowest BCUT2D eigenvalue weighted by molar-refractivity contribution is -0.122. The lowest BCUT2D eigenvalue weighted by Crippen LogP contribution is -2.47. The highest BCUT2D eigenvalue weighted by Gasteiger charge is 2.48. The molecule has 0 aliphatic carbocycles. The molecule has 0 amide bonds. The number of rotatable bonds is 1. The number of sulfonamides is 1. The normalized spacial score (nSPS) is 39.0. The molecule has 0 saturated carbocycles. The lowest BCUT2D eigenvalue weighted by atomic mass is 10.0. The Morgan fingerprint density at radius 1 is 1.36 bits per heavy atom. The van der Waals surface area contributed by atoms with Crippen LogP contribution in [0.4, 0.5) is 0 Å². The van der Waals surface area contributed by atoms with Gasteiger partial charge in [0.1, 0.15) is 5.78 Å². The molecule has 0 aromatic heterocycles. The number of nitrogens with zero attached hydrogens (tertiary/aromatic N) is 1. The summed E-state index contributed by atoms with van der Waals surface area (Å²) in [5.74, 6) is 0.533. The number of hydrogen-bond donors (Lipinski definition) is 0. The predicted octanol–water partition coefficient (Wildman–Crippen LogP) is 0.388. The minimum absolute atomic E-state index is 0.0637. The fourth-order valence-electron chi connectivity index (χ4n) is 2.77. The van der Waals surface area contributed by atoms with E-state index in [9.17, 15) is 13.2 Å². The Morgan fingerprint density at radius 3 is 2.50 bits per heavy atom. The third-order valence-corrected chi connectivity index (χ3v) is 4.61. The zero-order chi connectivity index (χ0) is 10.5. The molecule has 2 aliphatic heterocycles. The topological polar surface area (TPSA) is 54.5 Å². The first-order valence-corrected chi connectivity index (χ1v) is 6.74. The Bertz CT molecular complexity index is 362. The molecular formula is C9H15NO3S. The third kappa shape index (κ3) is 1.48. The van der Waals surface area contributed by atoms with E-state index in [0.717, 1.165) is 6.42 Å². The van der Waals surface area contributed by atoms with Crippen LogP contribution in [0.25, 0.3) is 0 Å². The number of ketones is 1. The summed E-state index contributed by atoms with van der Waals surface area (Å²) in [7, 11) is -3.14. The van der Waals surface area contributed by atoms with Crippen molar-refractivity contribution in [2.45, 2.75) is 38.3 Å². The van der Waals surface area contributed by atoms with Gasteiger partial charge in [-0.25, -0.2) is 8.42 Å². The molecule has 3 unspecified atom stereocenters. The largest absolute Gasteiger partial charge is 0.300 e. The minimum atomic E-state index is -3.14. The average molecular weight is 217 g/mol. The van der Waals surface area contributed by atoms with Gasteiger partial charge in [0, 0.05) is 24.9 Å². The maximum atomic E-state index is 11.5. The molecule has 14 heavy (non-hydrogen) atoms. The molecule has 3 atom stereocenters. The van der Waals surface area contributed by atoms with Gasteiger partial charge in [0.05, 0.1) is 6.26 Å². The summed E-state index contributed by atoms with van der Waals surface area (Å²) in [4.78, 5) is 11.3. The van der Waals surface area contributed by atoms with Crippen molar-refractivity contribution in [3.8, 4) is 0 Å². The standard InChI is InChI=1S/C9H15NO3S/c1-6-3-7-4-8(11)5-9(6)10(7)14(2,12)13/h6-7,9H,3-5H2,1-2H3. The van der Waals surface area contributed by atoms with Crippen molar-refractivity contribution in [2.75, 3.05) is 6.26 Å². The second-order valence-corrected chi connectivity index (χ2v) is 6.36. The molecule has 2 rings (SSSR count). The molecule has 0 aromatic carbocycles. The predicted molar refractivity (Wildman–Crippen MR) is 52.3 cm³/mol. The van der Waals surface area contributed by atoms with Crippen LogP contribution >= 0.6 is 0 Å². The SMILES string of the molecule is CC1CC2CC(=O)CC1N2S(C)(=O)=O. The summed E-state index contributed by atoms with van der Waals surface area (Å²) in [6.07, 6.45) is 2.89. The number of carbonyl (C=O) groups excluding carboxylic acids is 1. The van der Waals surface area contributed by atoms with Crippen molar-refractivity contribution in [3.05, 3.63) is 0 Å². The molecule has 2 bridgehead atoms. The molecular weight excluding hydrogens is 202 g/mol. The lowest BCUT2D eigenvalue weighted by Gasteiger charge is -2.32. The highest BCUT2D eigenvalue weighted by Crippen LogP contribution is 2.39. The van der Waals surface area contributed by atoms with Crippen LogP contribution in [0.15, 0.2) is 0 Å². The Balaban J connectivity index is 2.34. The molecule has 80 valence electrons. The van der Waals surface area contributed by atoms with Gasteiger partial charge in [0.2, 0.25) is 10.0 Å². The first-order chi connectivity index (χ1) is 6.39. The first-order valence-electron chi connectivity index (χ1n) is 4.90. The number of fused-ring (bicyclic) bond motifs is 2. The van der Waals surface area contributed by atoms with Crippen molar-refractivity contribution < 1.29 is 13.2 Å². The number of hydrogen-bond acceptors (Lipinski definition) is 3. The van der Waals surface area contributed by atoms with Crippen LogP contribution < -0.4 is 0 Å². The molecule has 5 heteroatoms. The van der Waals surface area contributed by atoms with E-state index in [2.05, 4.69) is 0 Å². The molecule has 2 fully saturated rings. The van der Waals surface area contributed by atoms with E-state index in [0.29, 0.717) is 18.8 Å². The summed E-state index contributed by atoms with van der Waals surface area (Å²) in [6, 6.07) is -0.137. The van der Waals surface area contributed by atoms with E-state index in [1.165, 1.54) is 6.26 Å². The van der Waals surface area contributed by atoms with Gasteiger partial charge >= 0.3 is 0 Å². The summed E-state index contributed by atoms with van der Waals surface area (Å²) in [5, 5.41) is 0. The second-order valence-electron chi connectivity index (χ2n) is 4.47. The van der Waals surface area contributed by atoms with Crippen molar-refractivity contribution >= 4 is 15.8 Å². The summed E-state index contributed by atoms with van der Waals surface area (Å²) in [5.41, 5.74) is 0. The van der Waals surface area contributed by atoms with Gasteiger partial charge in [0.15, 0.2) is 0 Å². The zero-order valence-electron chi connectivity index (χ0n) is 8.43. The molecule has 0 spiro atoms. The zero-order valence-corrected chi connectivity index (χ0v) is 9.25. The van der Waals surface area contributed by atoms with Crippen LogP contribution in [0.5, 0.6) is 0 Å². The van der Waals surface area contributed by atoms with Crippen LogP contribution in [-0.4, -0.2) is 36.8 Å². The Morgan fingerprint density at radius 2 is 2.00 bits per heavy atom. The van der Waals surface area contributed by atoms with Gasteiger partial charge in [-0.2, -0.15) is 4.31 Å². The van der Waals surface area contributed by atoms with Crippen LogP contribution in [0.1, 0.15) is 26.2 Å². The summed E-state index contributed by atoms with van der Waals surface area (Å²) >= 11 is 0. The van der Waals surface area contributed by atoms with E-state index in [1.54, 1.807) is 4.31 Å². The van der Waals surface area contributed by atoms with Crippen LogP contribution in [0.3, 0.4) is 0 Å². The fraction of sp³-hybridized carbons (Fsp3) is 0.889. The summed E-state index contributed by atoms with van der Waals surface area (Å²) in [6.45, 7) is 2.03. The van der Waals surface area contributed by atoms with E-state index in [4.69, 9.17) is 0 Å². The number of Topliss-reactive ketones (excluding diaryl/α,β-unsaturated/α-hetero) is 1. The molecule has 0 N–H and O–H groups in total. The molecule has 2 aliphatic rings. The molecule has 4 nitrogen and oxygen atoms in total. The van der Waals surface area contributed by atoms with E-state index in [-0.39, 0.29) is 17.9 Å². The highest BCUT2D eigenvalue weighted by molar-refractivity contribution is 7.88. The van der Waals surface area contributed by atoms with E-state index in [1.807, 2.05) is 6.92 Å². The average Bonchev–Trinajstić information content (AvgIpc) is 2.19. The van der Waals surface area contributed by atoms with E-state index < -0.39 is 10.0 Å². The van der Waals surface area contributed by atoms with Gasteiger partial charge in [-0.05, 0) is 12.3 Å². The van der Waals surface area contributed by atoms with Crippen molar-refractivity contribution in [1.82, 2.24) is 4.31 Å². The molecule has 0 radical (unpaired) electrons. The van der Waals surface area contributed by atoms with Crippen molar-refractivity contribution in [1.29, 1.82) is 0 Å². The van der Waals surface area contributed by atoms with E-state index >= 15 is 0 Å². The van der Waals surface area contributed by atoms with Gasteiger partial charge in [-0.1, -0.05) is 6.92 Å². The first kappa shape index (κ1) is 10.1. The van der Waals surface area contributed by atoms with Gasteiger partial charge in [-0.15, -0.1) is 0 Å². The van der Waals surface area contributed by atoms with Crippen molar-refractivity contribution in [2.24, 2.45) is 5.92 Å². The Labute approximate surface area is 84.3 Å². The van der Waals surface area contributed by atoms with Gasteiger partial charge in [-0.3, -0.25) is 4.79 Å². The van der Waals surface area contributed by atoms with Gasteiger partial charge < -0.3 is 0 Å². The molecule has 2 saturated heterocycles. The van der Waals surface area contributed by atoms with Crippen LogP contribution in [0, 0.1) is 5.92 Å². The fourth-order valence-corrected chi connectivity index (χ4v) is 4.25. The van der Waals surface area contributed by atoms with Crippen LogP contribution in [0.2, 0.25) is 0 Å². The maximum Gasteiger partial charge on any atom is 0.211 e. The minimum Gasteiger partial charge on any atom is -0.300 e. The smallest absolute Gasteiger partial charge is 0.211 e. The third-order valence-electron chi connectivity index (χ3n) is 3.27. The Kier molecular flexibility index (Phi) is 2.19. The maximum absolute atomic E-state index is 11.5. The second kappa shape index (κ2) is 3.03. The highest BCUT2D eigenvalue weighted by atomic mass is 32.2. The van der Waals surface area contributed by atoms with Crippen molar-refractivity contribution in [3.63, 3.8) is 0 Å². The molecule has 2 heterocycles. The Hall–Kier alpha value is -0.420. The summed E-state index contributed by atoms with van der Waals surface area (Å²) < 4.78 is 24.6. The quantitative estimate of drug-likeness (QED) is 0.638. The number of piperidine rings is 1. The number of carbonyl (C=O) groups is 1. The molecule has 0 aromatic rings.